The van der Waals surface area contributed by atoms with Crippen LogP contribution in [0.4, 0.5) is 5.82 Å². The summed E-state index contributed by atoms with van der Waals surface area (Å²) >= 11 is 0. The first kappa shape index (κ1) is 21.2. The van der Waals surface area contributed by atoms with Gasteiger partial charge in [0, 0.05) is 18.2 Å². The van der Waals surface area contributed by atoms with E-state index in [4.69, 9.17) is 15.2 Å². The summed E-state index contributed by atoms with van der Waals surface area (Å²) in [6, 6.07) is 5.46. The normalized spacial score (nSPS) is 11.9. The molecule has 0 radical (unpaired) electrons. The van der Waals surface area contributed by atoms with E-state index >= 15 is 0 Å². The zero-order chi connectivity index (χ0) is 20.8. The number of likely N-dealkylation sites (N-methyl/N-ethyl adjacent to an activating group) is 1. The van der Waals surface area contributed by atoms with Gasteiger partial charge in [-0.2, -0.15) is 0 Å². The van der Waals surface area contributed by atoms with Crippen molar-refractivity contribution in [3.63, 3.8) is 0 Å². The van der Waals surface area contributed by atoms with Gasteiger partial charge in [0.1, 0.15) is 36.0 Å². The molecule has 152 valence electrons. The summed E-state index contributed by atoms with van der Waals surface area (Å²) < 4.78 is 11.8. The molecule has 28 heavy (non-hydrogen) atoms. The third-order valence-electron chi connectivity index (χ3n) is 4.41. The summed E-state index contributed by atoms with van der Waals surface area (Å²) in [6.07, 6.45) is 0.645. The lowest BCUT2D eigenvalue weighted by Gasteiger charge is -2.17. The van der Waals surface area contributed by atoms with Gasteiger partial charge in [-0.25, -0.2) is 4.79 Å². The van der Waals surface area contributed by atoms with E-state index in [1.54, 1.807) is 20.3 Å². The molecule has 0 fully saturated rings. The highest BCUT2D eigenvalue weighted by molar-refractivity contribution is 6.00. The molecule has 1 unspecified atom stereocenters. The Balaban J connectivity index is 2.23. The fraction of sp³-hybridized carbons (Fsp3) is 0.421. The largest absolute Gasteiger partial charge is 0.497 e. The summed E-state index contributed by atoms with van der Waals surface area (Å²) in [5.74, 6) is 0.816. The van der Waals surface area contributed by atoms with E-state index in [-0.39, 0.29) is 17.9 Å². The number of nitrogens with one attached hydrogen (secondary N) is 2. The van der Waals surface area contributed by atoms with Crippen molar-refractivity contribution in [1.29, 1.82) is 0 Å². The molecule has 2 rings (SSSR count). The summed E-state index contributed by atoms with van der Waals surface area (Å²) in [5.41, 5.74) is 5.32. The number of hydrogen-bond acceptors (Lipinski definition) is 6. The molecular weight excluding hydrogens is 364 g/mol. The van der Waals surface area contributed by atoms with Crippen LogP contribution >= 0.6 is 0 Å². The highest BCUT2D eigenvalue weighted by Crippen LogP contribution is 2.23. The molecule has 0 saturated heterocycles. The first-order valence-electron chi connectivity index (χ1n) is 9.00. The SMILES string of the molecule is CCCn1c(N)c(C(=O)C[NH+](C)Cc2ccc(OC)cc2OC)c(=O)[nH]c1=O. The number of ether oxygens (including phenoxy) is 2. The monoisotopic (exact) mass is 391 g/mol. The average Bonchev–Trinajstić information content (AvgIpc) is 2.65. The lowest BCUT2D eigenvalue weighted by Crippen LogP contribution is -3.08. The molecule has 1 heterocycles. The fourth-order valence-corrected chi connectivity index (χ4v) is 3.05. The number of aromatic amines is 1. The molecule has 0 aliphatic heterocycles. The second-order valence-electron chi connectivity index (χ2n) is 6.58. The summed E-state index contributed by atoms with van der Waals surface area (Å²) in [6.45, 7) is 2.73. The molecule has 0 saturated carbocycles. The van der Waals surface area contributed by atoms with Gasteiger partial charge in [-0.05, 0) is 18.6 Å². The van der Waals surface area contributed by atoms with Crippen molar-refractivity contribution in [3.05, 3.63) is 50.2 Å². The number of hydrogen-bond donors (Lipinski definition) is 3. The smallest absolute Gasteiger partial charge is 0.329 e. The van der Waals surface area contributed by atoms with Crippen molar-refractivity contribution in [2.45, 2.75) is 26.4 Å². The Morgan fingerprint density at radius 1 is 1.25 bits per heavy atom. The first-order valence-corrected chi connectivity index (χ1v) is 9.00. The maximum atomic E-state index is 12.7. The van der Waals surface area contributed by atoms with Crippen LogP contribution in [-0.2, 0) is 13.1 Å². The molecule has 9 nitrogen and oxygen atoms in total. The van der Waals surface area contributed by atoms with E-state index < -0.39 is 17.0 Å². The van der Waals surface area contributed by atoms with E-state index in [9.17, 15) is 14.4 Å². The number of carbonyl (C=O) groups is 1. The molecule has 0 aliphatic rings. The van der Waals surface area contributed by atoms with Crippen molar-refractivity contribution in [1.82, 2.24) is 9.55 Å². The van der Waals surface area contributed by atoms with Crippen molar-refractivity contribution in [2.75, 3.05) is 33.5 Å². The first-order chi connectivity index (χ1) is 13.3. The van der Waals surface area contributed by atoms with E-state index in [1.807, 2.05) is 26.1 Å². The Kier molecular flexibility index (Phi) is 7.00. The third kappa shape index (κ3) is 4.61. The molecule has 9 heteroatoms. The number of benzene rings is 1. The van der Waals surface area contributed by atoms with E-state index in [1.165, 1.54) is 4.57 Å². The molecular formula is C19H27N4O5+. The highest BCUT2D eigenvalue weighted by Gasteiger charge is 2.22. The van der Waals surface area contributed by atoms with Crippen LogP contribution in [0, 0.1) is 0 Å². The van der Waals surface area contributed by atoms with Crippen molar-refractivity contribution < 1.29 is 19.2 Å². The molecule has 1 atom stereocenters. The Labute approximate surface area is 162 Å². The topological polar surface area (TPSA) is 121 Å². The van der Waals surface area contributed by atoms with Gasteiger partial charge >= 0.3 is 5.69 Å². The number of quaternary nitrogens is 1. The minimum Gasteiger partial charge on any atom is -0.497 e. The van der Waals surface area contributed by atoms with E-state index in [0.717, 1.165) is 10.5 Å². The van der Waals surface area contributed by atoms with Gasteiger partial charge in [-0.15, -0.1) is 0 Å². The van der Waals surface area contributed by atoms with Crippen LogP contribution in [0.2, 0.25) is 0 Å². The number of carbonyl (C=O) groups excluding carboxylic acids is 1. The number of anilines is 1. The minimum atomic E-state index is -0.755. The number of nitrogens with two attached hydrogens (primary N) is 1. The fourth-order valence-electron chi connectivity index (χ4n) is 3.05. The van der Waals surface area contributed by atoms with Crippen LogP contribution in [0.15, 0.2) is 27.8 Å². The van der Waals surface area contributed by atoms with Gasteiger partial charge in [0.25, 0.3) is 5.56 Å². The van der Waals surface area contributed by atoms with Crippen LogP contribution in [0.25, 0.3) is 0 Å². The molecule has 0 amide bonds. The van der Waals surface area contributed by atoms with Crippen molar-refractivity contribution >= 4 is 11.6 Å². The predicted molar refractivity (Wildman–Crippen MR) is 105 cm³/mol. The van der Waals surface area contributed by atoms with Gasteiger partial charge in [0.05, 0.1) is 21.3 Å². The Hall–Kier alpha value is -3.07. The minimum absolute atomic E-state index is 0.0345. The molecule has 1 aromatic heterocycles. The number of rotatable bonds is 9. The zero-order valence-electron chi connectivity index (χ0n) is 16.6. The highest BCUT2D eigenvalue weighted by atomic mass is 16.5. The Morgan fingerprint density at radius 3 is 2.57 bits per heavy atom. The third-order valence-corrected chi connectivity index (χ3v) is 4.41. The van der Waals surface area contributed by atoms with Gasteiger partial charge in [0.15, 0.2) is 0 Å². The number of aromatic nitrogens is 2. The summed E-state index contributed by atoms with van der Waals surface area (Å²) in [7, 11) is 4.97. The average molecular weight is 391 g/mol. The number of nitrogens with zero attached hydrogens (tertiary/aromatic N) is 1. The second kappa shape index (κ2) is 9.23. The lowest BCUT2D eigenvalue weighted by molar-refractivity contribution is -0.884. The lowest BCUT2D eigenvalue weighted by atomic mass is 10.1. The Morgan fingerprint density at radius 2 is 1.96 bits per heavy atom. The van der Waals surface area contributed by atoms with Crippen LogP contribution in [0.1, 0.15) is 29.3 Å². The number of nitrogen functional groups attached to an aromatic ring is 1. The van der Waals surface area contributed by atoms with Crippen LogP contribution in [0.5, 0.6) is 11.5 Å². The molecule has 0 spiro atoms. The molecule has 4 N–H and O–H groups in total. The standard InChI is InChI=1S/C19H26N4O5/c1-5-8-23-17(20)16(18(25)21-19(23)26)14(24)11-22(2)10-12-6-7-13(27-3)9-15(12)28-4/h6-7,9H,5,8,10-11,20H2,1-4H3,(H,21,25,26)/p+1. The van der Waals surface area contributed by atoms with Crippen molar-refractivity contribution in [2.24, 2.45) is 0 Å². The summed E-state index contributed by atoms with van der Waals surface area (Å²) in [5, 5.41) is 0. The van der Waals surface area contributed by atoms with E-state index in [2.05, 4.69) is 4.98 Å². The van der Waals surface area contributed by atoms with Gasteiger partial charge in [-0.1, -0.05) is 6.92 Å². The van der Waals surface area contributed by atoms with Crippen molar-refractivity contribution in [3.8, 4) is 11.5 Å². The number of ketones is 1. The second-order valence-corrected chi connectivity index (χ2v) is 6.58. The molecule has 0 aliphatic carbocycles. The molecule has 2 aromatic rings. The quantitative estimate of drug-likeness (QED) is 0.493. The number of Topliss-reactive ketones (excluding diaryl/α,β-unsaturated/α-hetero) is 1. The van der Waals surface area contributed by atoms with Crippen LogP contribution in [0.3, 0.4) is 0 Å². The molecule has 1 aromatic carbocycles. The predicted octanol–water partition coefficient (Wildman–Crippen LogP) is -0.556. The Bertz CT molecular complexity index is 964. The van der Waals surface area contributed by atoms with Crippen LogP contribution in [-0.4, -0.2) is 43.1 Å². The molecule has 0 bridgehead atoms. The van der Waals surface area contributed by atoms with Gasteiger partial charge in [0.2, 0.25) is 5.78 Å². The number of H-pyrrole nitrogens is 1. The van der Waals surface area contributed by atoms with Gasteiger partial charge < -0.3 is 20.1 Å². The number of methoxy groups -OCH3 is 2. The zero-order valence-corrected chi connectivity index (χ0v) is 16.6. The van der Waals surface area contributed by atoms with Crippen LogP contribution < -0.4 is 31.4 Å². The van der Waals surface area contributed by atoms with E-state index in [0.29, 0.717) is 31.0 Å². The maximum absolute atomic E-state index is 12.7. The maximum Gasteiger partial charge on any atom is 0.329 e. The summed E-state index contributed by atoms with van der Waals surface area (Å²) in [4.78, 5) is 39.8. The van der Waals surface area contributed by atoms with Gasteiger partial charge in [-0.3, -0.25) is 19.1 Å².